The summed E-state index contributed by atoms with van der Waals surface area (Å²) in [6.07, 6.45) is 0. The zero-order valence-electron chi connectivity index (χ0n) is 33.2. The molecule has 0 aliphatic heterocycles. The van der Waals surface area contributed by atoms with Gasteiger partial charge in [0.1, 0.15) is 0 Å². The summed E-state index contributed by atoms with van der Waals surface area (Å²) < 4.78 is 2.38. The molecule has 12 rings (SSSR count). The van der Waals surface area contributed by atoms with Gasteiger partial charge in [-0.2, -0.15) is 0 Å². The fourth-order valence-electron chi connectivity index (χ4n) is 9.44. The van der Waals surface area contributed by atoms with Gasteiger partial charge in [0.05, 0.1) is 22.4 Å². The van der Waals surface area contributed by atoms with Gasteiger partial charge in [0.15, 0.2) is 5.82 Å². The SMILES string of the molecule is c1ccc(-c2ccccc2-c2cc(-c3cccc(-c4cccc5c4c4ccccc4n5-c4ccccc4)c3)nc(-c3c4ccccc4cc4c3ccc3ccccc34)n2)cc1. The fourth-order valence-corrected chi connectivity index (χ4v) is 9.44. The first-order valence-corrected chi connectivity index (χ1v) is 20.8. The molecule has 3 heteroatoms. The number of hydrogen-bond donors (Lipinski definition) is 0. The molecule has 0 radical (unpaired) electrons. The lowest BCUT2D eigenvalue weighted by Crippen LogP contribution is -1.99. The molecule has 0 atom stereocenters. The van der Waals surface area contributed by atoms with Crippen LogP contribution in [0.4, 0.5) is 0 Å². The van der Waals surface area contributed by atoms with Gasteiger partial charge in [-0.25, -0.2) is 9.97 Å². The Morgan fingerprint density at radius 1 is 0.311 bits per heavy atom. The van der Waals surface area contributed by atoms with Gasteiger partial charge in [0, 0.05) is 33.2 Å². The van der Waals surface area contributed by atoms with Crippen molar-refractivity contribution in [1.29, 1.82) is 0 Å². The van der Waals surface area contributed by atoms with E-state index in [1.54, 1.807) is 0 Å². The van der Waals surface area contributed by atoms with Gasteiger partial charge in [-0.05, 0) is 97.0 Å². The molecule has 0 aliphatic rings. The Hall–Kier alpha value is -8.14. The summed E-state index contributed by atoms with van der Waals surface area (Å²) in [6.45, 7) is 0. The first-order chi connectivity index (χ1) is 30.3. The van der Waals surface area contributed by atoms with Gasteiger partial charge < -0.3 is 4.57 Å². The first-order valence-electron chi connectivity index (χ1n) is 20.8. The van der Waals surface area contributed by atoms with E-state index in [9.17, 15) is 0 Å². The molecule has 2 aromatic heterocycles. The smallest absolute Gasteiger partial charge is 0.161 e. The second-order valence-electron chi connectivity index (χ2n) is 15.7. The van der Waals surface area contributed by atoms with Crippen molar-refractivity contribution in [2.75, 3.05) is 0 Å². The van der Waals surface area contributed by atoms with E-state index < -0.39 is 0 Å². The summed E-state index contributed by atoms with van der Waals surface area (Å²) in [5, 5.41) is 9.49. The van der Waals surface area contributed by atoms with Gasteiger partial charge in [0.2, 0.25) is 0 Å². The molecule has 3 nitrogen and oxygen atoms in total. The molecule has 0 saturated carbocycles. The van der Waals surface area contributed by atoms with E-state index in [4.69, 9.17) is 9.97 Å². The summed E-state index contributed by atoms with van der Waals surface area (Å²) in [6, 6.07) is 80.4. The Morgan fingerprint density at radius 2 is 0.918 bits per heavy atom. The largest absolute Gasteiger partial charge is 0.309 e. The molecule has 0 N–H and O–H groups in total. The maximum Gasteiger partial charge on any atom is 0.161 e. The average molecular weight is 776 g/mol. The molecule has 284 valence electrons. The molecular formula is C58H37N3. The lowest BCUT2D eigenvalue weighted by atomic mass is 9.92. The van der Waals surface area contributed by atoms with Crippen LogP contribution in [0.2, 0.25) is 0 Å². The van der Waals surface area contributed by atoms with Crippen molar-refractivity contribution in [3.8, 4) is 61.8 Å². The Bertz CT molecular complexity index is 3640. The van der Waals surface area contributed by atoms with Crippen molar-refractivity contribution >= 4 is 54.1 Å². The van der Waals surface area contributed by atoms with E-state index in [0.29, 0.717) is 5.82 Å². The second-order valence-corrected chi connectivity index (χ2v) is 15.7. The Morgan fingerprint density at radius 3 is 1.77 bits per heavy atom. The van der Waals surface area contributed by atoms with Crippen LogP contribution in [0.15, 0.2) is 224 Å². The van der Waals surface area contributed by atoms with E-state index in [1.807, 2.05) is 0 Å². The van der Waals surface area contributed by atoms with Gasteiger partial charge in [0.25, 0.3) is 0 Å². The minimum Gasteiger partial charge on any atom is -0.309 e. The normalized spacial score (nSPS) is 11.6. The summed E-state index contributed by atoms with van der Waals surface area (Å²) in [5.41, 5.74) is 13.0. The minimum atomic E-state index is 0.700. The zero-order chi connectivity index (χ0) is 40.3. The number of para-hydroxylation sites is 2. The molecule has 0 bridgehead atoms. The predicted molar refractivity (Wildman–Crippen MR) is 256 cm³/mol. The highest BCUT2D eigenvalue weighted by atomic mass is 15.0. The highest BCUT2D eigenvalue weighted by Gasteiger charge is 2.20. The van der Waals surface area contributed by atoms with Crippen LogP contribution in [0.5, 0.6) is 0 Å². The number of rotatable bonds is 6. The highest BCUT2D eigenvalue weighted by Crippen LogP contribution is 2.43. The van der Waals surface area contributed by atoms with Crippen LogP contribution in [0.3, 0.4) is 0 Å². The van der Waals surface area contributed by atoms with E-state index in [0.717, 1.165) is 66.6 Å². The quantitative estimate of drug-likeness (QED) is 0.124. The topological polar surface area (TPSA) is 30.7 Å². The van der Waals surface area contributed by atoms with Crippen molar-refractivity contribution in [1.82, 2.24) is 14.5 Å². The first kappa shape index (κ1) is 34.9. The van der Waals surface area contributed by atoms with E-state index in [2.05, 4.69) is 229 Å². The molecule has 12 aromatic rings. The number of hydrogen-bond acceptors (Lipinski definition) is 2. The molecular weight excluding hydrogens is 739 g/mol. The van der Waals surface area contributed by atoms with Gasteiger partial charge in [-0.1, -0.05) is 182 Å². The molecule has 0 saturated heterocycles. The van der Waals surface area contributed by atoms with Crippen LogP contribution in [-0.2, 0) is 0 Å². The standard InChI is InChI=1S/C58H37N3/c1-3-17-38(18-4-1)44-25-11-12-28-48(44)53-37-52(59-58(60-53)57-47-27-10-8-20-41(47)36-51-45-26-9-7-19-39(45)33-34-49(51)57)42-22-15-21-40(35-42)46-30-16-32-55-56(46)50-29-13-14-31-54(50)61(55)43-23-5-2-6-24-43/h1-37H. The fraction of sp³-hybridized carbons (Fsp3) is 0. The maximum absolute atomic E-state index is 5.56. The van der Waals surface area contributed by atoms with Crippen LogP contribution in [0, 0.1) is 0 Å². The Kier molecular flexibility index (Phi) is 8.17. The molecule has 0 spiro atoms. The van der Waals surface area contributed by atoms with Crippen LogP contribution in [0.25, 0.3) is 116 Å². The molecule has 10 aromatic carbocycles. The van der Waals surface area contributed by atoms with E-state index in [-0.39, 0.29) is 0 Å². The Balaban J connectivity index is 1.12. The number of benzene rings is 10. The zero-order valence-corrected chi connectivity index (χ0v) is 33.2. The van der Waals surface area contributed by atoms with Crippen LogP contribution in [-0.4, -0.2) is 14.5 Å². The predicted octanol–water partition coefficient (Wildman–Crippen LogP) is 15.4. The van der Waals surface area contributed by atoms with Gasteiger partial charge in [-0.15, -0.1) is 0 Å². The second kappa shape index (κ2) is 14.3. The van der Waals surface area contributed by atoms with E-state index >= 15 is 0 Å². The van der Waals surface area contributed by atoms with Crippen molar-refractivity contribution < 1.29 is 0 Å². The van der Waals surface area contributed by atoms with Crippen molar-refractivity contribution in [3.05, 3.63) is 224 Å². The molecule has 0 aliphatic carbocycles. The summed E-state index contributed by atoms with van der Waals surface area (Å²) in [7, 11) is 0. The maximum atomic E-state index is 5.56. The van der Waals surface area contributed by atoms with Crippen molar-refractivity contribution in [2.45, 2.75) is 0 Å². The molecule has 2 heterocycles. The highest BCUT2D eigenvalue weighted by molar-refractivity contribution is 6.20. The molecule has 0 unspecified atom stereocenters. The molecule has 0 fully saturated rings. The van der Waals surface area contributed by atoms with Crippen molar-refractivity contribution in [3.63, 3.8) is 0 Å². The van der Waals surface area contributed by atoms with Gasteiger partial charge >= 0.3 is 0 Å². The Labute approximate surface area is 353 Å². The third-order valence-electron chi connectivity index (χ3n) is 12.2. The van der Waals surface area contributed by atoms with Crippen LogP contribution < -0.4 is 0 Å². The van der Waals surface area contributed by atoms with Gasteiger partial charge in [-0.3, -0.25) is 0 Å². The summed E-state index contributed by atoms with van der Waals surface area (Å²) in [4.78, 5) is 11.1. The van der Waals surface area contributed by atoms with Crippen molar-refractivity contribution in [2.24, 2.45) is 0 Å². The lowest BCUT2D eigenvalue weighted by molar-refractivity contribution is 1.18. The van der Waals surface area contributed by atoms with Crippen LogP contribution >= 0.6 is 0 Å². The van der Waals surface area contributed by atoms with E-state index in [1.165, 1.54) is 43.5 Å². The summed E-state index contributed by atoms with van der Waals surface area (Å²) >= 11 is 0. The number of fused-ring (bicyclic) bond motifs is 7. The molecule has 0 amide bonds. The monoisotopic (exact) mass is 775 g/mol. The summed E-state index contributed by atoms with van der Waals surface area (Å²) in [5.74, 6) is 0.700. The average Bonchev–Trinajstić information content (AvgIpc) is 3.68. The number of aromatic nitrogens is 3. The third kappa shape index (κ3) is 5.82. The minimum absolute atomic E-state index is 0.700. The lowest BCUT2D eigenvalue weighted by Gasteiger charge is -2.16. The molecule has 61 heavy (non-hydrogen) atoms. The van der Waals surface area contributed by atoms with Crippen LogP contribution in [0.1, 0.15) is 0 Å². The number of nitrogens with zero attached hydrogens (tertiary/aromatic N) is 3. The third-order valence-corrected chi connectivity index (χ3v) is 12.2.